The molecule has 5 nitrogen and oxygen atoms in total. The highest BCUT2D eigenvalue weighted by Gasteiger charge is 2.11. The predicted molar refractivity (Wildman–Crippen MR) is 78.7 cm³/mol. The fraction of sp³-hybridized carbons (Fsp3) is 0. The van der Waals surface area contributed by atoms with Crippen LogP contribution in [0.15, 0.2) is 53.3 Å². The van der Waals surface area contributed by atoms with Crippen LogP contribution in [0.2, 0.25) is 0 Å². The molecule has 0 saturated carbocycles. The lowest BCUT2D eigenvalue weighted by Gasteiger charge is -2.08. The van der Waals surface area contributed by atoms with Crippen LogP contribution in [-0.4, -0.2) is 14.4 Å². The van der Waals surface area contributed by atoms with Gasteiger partial charge in [-0.1, -0.05) is 24.3 Å². The van der Waals surface area contributed by atoms with Gasteiger partial charge >= 0.3 is 0 Å². The second-order valence-electron chi connectivity index (χ2n) is 4.58. The molecule has 5 heteroatoms. The lowest BCUT2D eigenvalue weighted by atomic mass is 10.2. The summed E-state index contributed by atoms with van der Waals surface area (Å²) in [6.45, 7) is 0. The smallest absolute Gasteiger partial charge is 0.266 e. The summed E-state index contributed by atoms with van der Waals surface area (Å²) in [5.41, 5.74) is 8.23. The van der Waals surface area contributed by atoms with Crippen molar-refractivity contribution in [2.75, 3.05) is 5.73 Å². The van der Waals surface area contributed by atoms with E-state index >= 15 is 0 Å². The largest absolute Gasteiger partial charge is 0.381 e. The maximum atomic E-state index is 12.7. The van der Waals surface area contributed by atoms with Crippen LogP contribution in [0.4, 0.5) is 5.82 Å². The van der Waals surface area contributed by atoms with E-state index in [0.29, 0.717) is 27.6 Å². The van der Waals surface area contributed by atoms with Crippen LogP contribution in [0.25, 0.3) is 27.6 Å². The zero-order chi connectivity index (χ0) is 13.7. The third-order valence-electron chi connectivity index (χ3n) is 3.37. The minimum Gasteiger partial charge on any atom is -0.381 e. The van der Waals surface area contributed by atoms with Gasteiger partial charge in [-0.15, -0.1) is 0 Å². The SMILES string of the molecule is Nc1nc2ccccc2n2c(=O)c3ccccc3nc12. The number of hydrogen-bond acceptors (Lipinski definition) is 4. The van der Waals surface area contributed by atoms with Gasteiger partial charge in [0.25, 0.3) is 5.56 Å². The van der Waals surface area contributed by atoms with Crippen molar-refractivity contribution >= 4 is 33.4 Å². The molecule has 2 aromatic heterocycles. The number of anilines is 1. The van der Waals surface area contributed by atoms with E-state index in [9.17, 15) is 4.79 Å². The van der Waals surface area contributed by atoms with Crippen LogP contribution < -0.4 is 11.3 Å². The number of benzene rings is 2. The average molecular weight is 262 g/mol. The third-order valence-corrected chi connectivity index (χ3v) is 3.37. The Hall–Kier alpha value is -2.95. The molecule has 0 amide bonds. The van der Waals surface area contributed by atoms with Gasteiger partial charge in [0, 0.05) is 0 Å². The van der Waals surface area contributed by atoms with Crippen molar-refractivity contribution in [1.29, 1.82) is 0 Å². The van der Waals surface area contributed by atoms with Crippen molar-refractivity contribution in [2.24, 2.45) is 0 Å². The first kappa shape index (κ1) is 10.9. The summed E-state index contributed by atoms with van der Waals surface area (Å²) in [6, 6.07) is 14.6. The highest BCUT2D eigenvalue weighted by Crippen LogP contribution is 2.18. The number of aromatic nitrogens is 3. The molecule has 0 unspecified atom stereocenters. The molecule has 20 heavy (non-hydrogen) atoms. The van der Waals surface area contributed by atoms with Crippen molar-refractivity contribution < 1.29 is 0 Å². The van der Waals surface area contributed by atoms with Gasteiger partial charge in [-0.3, -0.25) is 9.20 Å². The van der Waals surface area contributed by atoms with E-state index in [1.54, 1.807) is 12.1 Å². The molecular formula is C15H10N4O. The third kappa shape index (κ3) is 1.34. The van der Waals surface area contributed by atoms with E-state index in [-0.39, 0.29) is 11.4 Å². The molecule has 96 valence electrons. The molecule has 0 spiro atoms. The molecule has 0 radical (unpaired) electrons. The number of nitrogens with zero attached hydrogens (tertiary/aromatic N) is 3. The minimum atomic E-state index is -0.129. The fourth-order valence-corrected chi connectivity index (χ4v) is 2.46. The summed E-state index contributed by atoms with van der Waals surface area (Å²) in [6.07, 6.45) is 0. The summed E-state index contributed by atoms with van der Waals surface area (Å²) in [4.78, 5) is 21.5. The lowest BCUT2D eigenvalue weighted by Crippen LogP contribution is -2.18. The molecule has 0 atom stereocenters. The summed E-state index contributed by atoms with van der Waals surface area (Å²) in [5.74, 6) is 0.256. The Bertz CT molecular complexity index is 1040. The zero-order valence-corrected chi connectivity index (χ0v) is 10.4. The zero-order valence-electron chi connectivity index (χ0n) is 10.4. The number of fused-ring (bicyclic) bond motifs is 4. The quantitative estimate of drug-likeness (QED) is 0.388. The van der Waals surface area contributed by atoms with Crippen molar-refractivity contribution in [3.05, 3.63) is 58.9 Å². The maximum Gasteiger partial charge on any atom is 0.266 e. The van der Waals surface area contributed by atoms with Crippen molar-refractivity contribution in [3.8, 4) is 0 Å². The van der Waals surface area contributed by atoms with E-state index in [2.05, 4.69) is 9.97 Å². The van der Waals surface area contributed by atoms with E-state index in [1.165, 1.54) is 4.40 Å². The molecule has 4 rings (SSSR count). The monoisotopic (exact) mass is 262 g/mol. The fourth-order valence-electron chi connectivity index (χ4n) is 2.46. The number of para-hydroxylation sites is 3. The van der Waals surface area contributed by atoms with Gasteiger partial charge in [0.15, 0.2) is 11.5 Å². The number of nitrogens with two attached hydrogens (primary N) is 1. The molecular weight excluding hydrogens is 252 g/mol. The van der Waals surface area contributed by atoms with Gasteiger partial charge in [-0.05, 0) is 24.3 Å². The topological polar surface area (TPSA) is 73.3 Å². The molecule has 0 aliphatic heterocycles. The number of nitrogen functional groups attached to an aromatic ring is 1. The second kappa shape index (κ2) is 3.77. The van der Waals surface area contributed by atoms with Gasteiger partial charge < -0.3 is 5.73 Å². The number of rotatable bonds is 0. The van der Waals surface area contributed by atoms with Crippen LogP contribution in [0, 0.1) is 0 Å². The first-order valence-electron chi connectivity index (χ1n) is 6.21. The van der Waals surface area contributed by atoms with Crippen molar-refractivity contribution in [1.82, 2.24) is 14.4 Å². The van der Waals surface area contributed by atoms with Crippen molar-refractivity contribution in [2.45, 2.75) is 0 Å². The molecule has 0 bridgehead atoms. The minimum absolute atomic E-state index is 0.129. The van der Waals surface area contributed by atoms with Gasteiger partial charge in [-0.2, -0.15) is 0 Å². The normalized spacial score (nSPS) is 11.4. The average Bonchev–Trinajstić information content (AvgIpc) is 2.48. The van der Waals surface area contributed by atoms with Crippen molar-refractivity contribution in [3.63, 3.8) is 0 Å². The molecule has 4 aromatic rings. The van der Waals surface area contributed by atoms with Gasteiger partial charge in [0.1, 0.15) is 0 Å². The van der Waals surface area contributed by atoms with Crippen LogP contribution in [0.1, 0.15) is 0 Å². The first-order chi connectivity index (χ1) is 9.75. The molecule has 0 aliphatic carbocycles. The second-order valence-corrected chi connectivity index (χ2v) is 4.58. The molecule has 2 heterocycles. The first-order valence-corrected chi connectivity index (χ1v) is 6.21. The summed E-state index contributed by atoms with van der Waals surface area (Å²) in [5, 5.41) is 0.570. The predicted octanol–water partition coefficient (Wildman–Crippen LogP) is 1.98. The molecule has 2 aromatic carbocycles. The Morgan fingerprint density at radius 3 is 2.45 bits per heavy atom. The number of hydrogen-bond donors (Lipinski definition) is 1. The van der Waals surface area contributed by atoms with E-state index < -0.39 is 0 Å². The van der Waals surface area contributed by atoms with Gasteiger partial charge in [0.05, 0.1) is 21.9 Å². The van der Waals surface area contributed by atoms with E-state index in [1.807, 2.05) is 36.4 Å². The Morgan fingerprint density at radius 2 is 1.60 bits per heavy atom. The standard InChI is InChI=1S/C15H10N4O/c16-13-14-18-10-6-2-1-5-9(10)15(20)19(14)12-8-4-3-7-11(12)17-13/h1-8H,(H2,16,17). The Kier molecular flexibility index (Phi) is 2.06. The van der Waals surface area contributed by atoms with Crippen LogP contribution >= 0.6 is 0 Å². The summed E-state index contributed by atoms with van der Waals surface area (Å²) in [7, 11) is 0. The van der Waals surface area contributed by atoms with Gasteiger partial charge in [0.2, 0.25) is 0 Å². The Labute approximate surface area is 113 Å². The Morgan fingerprint density at radius 1 is 0.900 bits per heavy atom. The highest BCUT2D eigenvalue weighted by atomic mass is 16.1. The van der Waals surface area contributed by atoms with Gasteiger partial charge in [-0.25, -0.2) is 9.97 Å². The summed E-state index contributed by atoms with van der Waals surface area (Å²) < 4.78 is 1.53. The van der Waals surface area contributed by atoms with E-state index in [4.69, 9.17) is 5.73 Å². The lowest BCUT2D eigenvalue weighted by molar-refractivity contribution is 1.11. The Balaban J connectivity index is 2.41. The van der Waals surface area contributed by atoms with Crippen LogP contribution in [0.3, 0.4) is 0 Å². The molecule has 2 N–H and O–H groups in total. The maximum absolute atomic E-state index is 12.7. The van der Waals surface area contributed by atoms with Crippen LogP contribution in [0.5, 0.6) is 0 Å². The molecule has 0 saturated heterocycles. The highest BCUT2D eigenvalue weighted by molar-refractivity contribution is 5.87. The van der Waals surface area contributed by atoms with E-state index in [0.717, 1.165) is 0 Å². The molecule has 0 aliphatic rings. The summed E-state index contributed by atoms with van der Waals surface area (Å²) >= 11 is 0. The van der Waals surface area contributed by atoms with Crippen LogP contribution in [-0.2, 0) is 0 Å². The molecule has 0 fully saturated rings.